The number of aliphatic hydroxyl groups excluding tert-OH is 1. The number of hydrogen-bond donors (Lipinski definition) is 1. The number of carbonyl (C=O) groups excluding carboxylic acids is 1. The lowest BCUT2D eigenvalue weighted by Gasteiger charge is -2.47. The van der Waals surface area contributed by atoms with E-state index in [-0.39, 0.29) is 16.9 Å². The summed E-state index contributed by atoms with van der Waals surface area (Å²) < 4.78 is 0. The van der Waals surface area contributed by atoms with Crippen molar-refractivity contribution in [2.24, 2.45) is 16.7 Å². The molecule has 2 heteroatoms. The Morgan fingerprint density at radius 2 is 1.93 bits per heavy atom. The fraction of sp³-hybridized carbons (Fsp3) is 0.917. The van der Waals surface area contributed by atoms with Gasteiger partial charge in [-0.1, -0.05) is 20.8 Å². The van der Waals surface area contributed by atoms with Gasteiger partial charge in [0.1, 0.15) is 5.78 Å². The molecule has 2 fully saturated rings. The van der Waals surface area contributed by atoms with E-state index in [1.54, 1.807) is 0 Å². The van der Waals surface area contributed by atoms with Gasteiger partial charge < -0.3 is 5.11 Å². The number of hydrogen-bond acceptors (Lipinski definition) is 2. The number of aliphatic hydroxyl groups is 1. The van der Waals surface area contributed by atoms with Gasteiger partial charge in [0.15, 0.2) is 0 Å². The number of fused-ring (bicyclic) bond motifs is 1. The molecule has 14 heavy (non-hydrogen) atoms. The third-order valence-corrected chi connectivity index (χ3v) is 4.77. The third kappa shape index (κ3) is 1.10. The van der Waals surface area contributed by atoms with Crippen molar-refractivity contribution < 1.29 is 9.90 Å². The maximum Gasteiger partial charge on any atom is 0.138 e. The predicted molar refractivity (Wildman–Crippen MR) is 54.9 cm³/mol. The molecule has 0 radical (unpaired) electrons. The SMILES string of the molecule is CC1(C)C(=O)CC[C@]2(C)[C@@H](O)CC[C@@H]12. The first kappa shape index (κ1) is 10.2. The van der Waals surface area contributed by atoms with Gasteiger partial charge in [0.2, 0.25) is 0 Å². The fourth-order valence-corrected chi connectivity index (χ4v) is 3.64. The summed E-state index contributed by atoms with van der Waals surface area (Å²) in [7, 11) is 0. The highest BCUT2D eigenvalue weighted by Crippen LogP contribution is 2.57. The van der Waals surface area contributed by atoms with Crippen LogP contribution in [-0.2, 0) is 4.79 Å². The Morgan fingerprint density at radius 3 is 2.57 bits per heavy atom. The molecule has 0 aliphatic heterocycles. The first-order chi connectivity index (χ1) is 6.39. The minimum Gasteiger partial charge on any atom is -0.393 e. The summed E-state index contributed by atoms with van der Waals surface area (Å²) in [4.78, 5) is 11.8. The highest BCUT2D eigenvalue weighted by molar-refractivity contribution is 5.85. The van der Waals surface area contributed by atoms with Gasteiger partial charge in [-0.25, -0.2) is 0 Å². The molecule has 0 aromatic heterocycles. The van der Waals surface area contributed by atoms with E-state index in [2.05, 4.69) is 20.8 Å². The maximum absolute atomic E-state index is 11.8. The summed E-state index contributed by atoms with van der Waals surface area (Å²) in [6.45, 7) is 6.26. The van der Waals surface area contributed by atoms with Crippen molar-refractivity contribution in [3.8, 4) is 0 Å². The largest absolute Gasteiger partial charge is 0.393 e. The Hall–Kier alpha value is -0.370. The summed E-state index contributed by atoms with van der Waals surface area (Å²) in [6, 6.07) is 0. The Morgan fingerprint density at radius 1 is 1.29 bits per heavy atom. The van der Waals surface area contributed by atoms with E-state index in [1.165, 1.54) is 0 Å². The van der Waals surface area contributed by atoms with Crippen LogP contribution in [0, 0.1) is 16.7 Å². The van der Waals surface area contributed by atoms with E-state index >= 15 is 0 Å². The molecule has 0 unspecified atom stereocenters. The van der Waals surface area contributed by atoms with Crippen molar-refractivity contribution in [1.82, 2.24) is 0 Å². The highest BCUT2D eigenvalue weighted by atomic mass is 16.3. The standard InChI is InChI=1S/C12H20O2/c1-11(2)8-4-5-10(14)12(8,3)7-6-9(11)13/h8,10,14H,4-7H2,1-3H3/t8-,10-,12-/m0/s1. The lowest BCUT2D eigenvalue weighted by Crippen LogP contribution is -2.48. The molecule has 0 spiro atoms. The minimum atomic E-state index is -0.218. The van der Waals surface area contributed by atoms with Crippen molar-refractivity contribution >= 4 is 5.78 Å². The molecule has 2 saturated carbocycles. The summed E-state index contributed by atoms with van der Waals surface area (Å²) >= 11 is 0. The van der Waals surface area contributed by atoms with Crippen LogP contribution in [0.2, 0.25) is 0 Å². The summed E-state index contributed by atoms with van der Waals surface area (Å²) in [5.74, 6) is 0.764. The van der Waals surface area contributed by atoms with E-state index < -0.39 is 0 Å². The van der Waals surface area contributed by atoms with Gasteiger partial charge in [0, 0.05) is 11.8 Å². The van der Waals surface area contributed by atoms with Crippen LogP contribution in [0.3, 0.4) is 0 Å². The van der Waals surface area contributed by atoms with Crippen LogP contribution in [-0.4, -0.2) is 17.0 Å². The van der Waals surface area contributed by atoms with Crippen LogP contribution in [0.25, 0.3) is 0 Å². The molecule has 1 N–H and O–H groups in total. The first-order valence-corrected chi connectivity index (χ1v) is 5.60. The average Bonchev–Trinajstić information content (AvgIpc) is 2.39. The van der Waals surface area contributed by atoms with Gasteiger partial charge >= 0.3 is 0 Å². The molecule has 80 valence electrons. The quantitative estimate of drug-likeness (QED) is 0.644. The Labute approximate surface area is 85.7 Å². The van der Waals surface area contributed by atoms with E-state index in [0.717, 1.165) is 19.3 Å². The summed E-state index contributed by atoms with van der Waals surface area (Å²) in [5, 5.41) is 9.99. The smallest absolute Gasteiger partial charge is 0.138 e. The van der Waals surface area contributed by atoms with E-state index in [4.69, 9.17) is 0 Å². The molecule has 2 aliphatic carbocycles. The second-order valence-electron chi connectivity index (χ2n) is 5.80. The van der Waals surface area contributed by atoms with Crippen molar-refractivity contribution in [3.05, 3.63) is 0 Å². The maximum atomic E-state index is 11.8. The molecule has 0 aromatic carbocycles. The first-order valence-electron chi connectivity index (χ1n) is 5.60. The zero-order chi connectivity index (χ0) is 10.6. The molecule has 0 aromatic rings. The van der Waals surface area contributed by atoms with Gasteiger partial charge in [0.05, 0.1) is 6.10 Å². The fourth-order valence-electron chi connectivity index (χ4n) is 3.64. The van der Waals surface area contributed by atoms with Crippen LogP contribution < -0.4 is 0 Å². The molecule has 2 rings (SSSR count). The summed E-state index contributed by atoms with van der Waals surface area (Å²) in [6.07, 6.45) is 3.21. The monoisotopic (exact) mass is 196 g/mol. The third-order valence-electron chi connectivity index (χ3n) is 4.77. The molecule has 0 bridgehead atoms. The van der Waals surface area contributed by atoms with Gasteiger partial charge in [0.25, 0.3) is 0 Å². The highest BCUT2D eigenvalue weighted by Gasteiger charge is 2.56. The zero-order valence-corrected chi connectivity index (χ0v) is 9.34. The Kier molecular flexibility index (Phi) is 2.04. The Balaban J connectivity index is 2.36. The van der Waals surface area contributed by atoms with Gasteiger partial charge in [-0.2, -0.15) is 0 Å². The van der Waals surface area contributed by atoms with E-state index in [9.17, 15) is 9.90 Å². The van der Waals surface area contributed by atoms with Crippen molar-refractivity contribution in [1.29, 1.82) is 0 Å². The van der Waals surface area contributed by atoms with Crippen molar-refractivity contribution in [2.75, 3.05) is 0 Å². The van der Waals surface area contributed by atoms with Crippen LogP contribution >= 0.6 is 0 Å². The normalized spacial score (nSPS) is 46.4. The lowest BCUT2D eigenvalue weighted by molar-refractivity contribution is -0.141. The topological polar surface area (TPSA) is 37.3 Å². The minimum absolute atomic E-state index is 0.00257. The Bertz CT molecular complexity index is 269. The molecule has 3 atom stereocenters. The van der Waals surface area contributed by atoms with Crippen molar-refractivity contribution in [2.45, 2.75) is 52.6 Å². The molecular formula is C12H20O2. The van der Waals surface area contributed by atoms with Gasteiger partial charge in [-0.15, -0.1) is 0 Å². The van der Waals surface area contributed by atoms with Gasteiger partial charge in [-0.3, -0.25) is 4.79 Å². The van der Waals surface area contributed by atoms with Crippen LogP contribution in [0.1, 0.15) is 46.5 Å². The zero-order valence-electron chi connectivity index (χ0n) is 9.34. The van der Waals surface area contributed by atoms with Gasteiger partial charge in [-0.05, 0) is 30.6 Å². The van der Waals surface area contributed by atoms with Crippen LogP contribution in [0.5, 0.6) is 0 Å². The molecular weight excluding hydrogens is 176 g/mol. The molecule has 2 aliphatic rings. The second kappa shape index (κ2) is 2.82. The van der Waals surface area contributed by atoms with Crippen LogP contribution in [0.4, 0.5) is 0 Å². The molecule has 0 amide bonds. The van der Waals surface area contributed by atoms with Crippen LogP contribution in [0.15, 0.2) is 0 Å². The number of carbonyl (C=O) groups is 1. The predicted octanol–water partition coefficient (Wildman–Crippen LogP) is 2.15. The second-order valence-corrected chi connectivity index (χ2v) is 5.80. The van der Waals surface area contributed by atoms with E-state index in [0.29, 0.717) is 18.1 Å². The molecule has 0 heterocycles. The van der Waals surface area contributed by atoms with E-state index in [1.807, 2.05) is 0 Å². The molecule has 0 saturated heterocycles. The van der Waals surface area contributed by atoms with Crippen molar-refractivity contribution in [3.63, 3.8) is 0 Å². The molecule has 2 nitrogen and oxygen atoms in total. The average molecular weight is 196 g/mol. The number of Topliss-reactive ketones (excluding diaryl/α,β-unsaturated/α-hetero) is 1. The number of ketones is 1. The lowest BCUT2D eigenvalue weighted by atomic mass is 9.57. The number of rotatable bonds is 0. The summed E-state index contributed by atoms with van der Waals surface area (Å²) in [5.41, 5.74) is -0.220.